The molecule has 1 heterocycles. The Kier molecular flexibility index (Phi) is 4.20. The molecule has 1 aromatic rings. The number of rotatable bonds is 6. The summed E-state index contributed by atoms with van der Waals surface area (Å²) in [5, 5.41) is 5.67. The van der Waals surface area contributed by atoms with Crippen molar-refractivity contribution in [3.8, 4) is 0 Å². The molecular formula is C11H17BrN2S. The van der Waals surface area contributed by atoms with Crippen molar-refractivity contribution in [1.82, 2.24) is 10.2 Å². The van der Waals surface area contributed by atoms with Crippen LogP contribution in [0.4, 0.5) is 0 Å². The number of nitrogens with one attached hydrogen (secondary N) is 1. The van der Waals surface area contributed by atoms with Gasteiger partial charge in [-0.15, -0.1) is 11.3 Å². The normalized spacial score (nSPS) is 16.2. The summed E-state index contributed by atoms with van der Waals surface area (Å²) >= 11 is 5.22. The van der Waals surface area contributed by atoms with Crippen molar-refractivity contribution in [3.63, 3.8) is 0 Å². The van der Waals surface area contributed by atoms with E-state index in [2.05, 4.69) is 44.6 Å². The fourth-order valence-corrected chi connectivity index (χ4v) is 2.83. The monoisotopic (exact) mass is 288 g/mol. The van der Waals surface area contributed by atoms with Crippen LogP contribution in [0.1, 0.15) is 18.4 Å². The second-order valence-electron chi connectivity index (χ2n) is 4.15. The maximum atomic E-state index is 3.47. The van der Waals surface area contributed by atoms with Crippen molar-refractivity contribution in [2.24, 2.45) is 0 Å². The molecular weight excluding hydrogens is 272 g/mol. The first-order chi connectivity index (χ1) is 7.25. The van der Waals surface area contributed by atoms with Crippen LogP contribution in [0.15, 0.2) is 15.2 Å². The Bertz CT molecular complexity index is 309. The number of nitrogens with zero attached hydrogens (tertiary/aromatic N) is 1. The molecule has 84 valence electrons. The molecule has 0 bridgehead atoms. The molecule has 2 nitrogen and oxygen atoms in total. The summed E-state index contributed by atoms with van der Waals surface area (Å²) in [5.74, 6) is 0. The van der Waals surface area contributed by atoms with E-state index < -0.39 is 0 Å². The van der Waals surface area contributed by atoms with E-state index in [1.54, 1.807) is 11.3 Å². The van der Waals surface area contributed by atoms with E-state index in [4.69, 9.17) is 0 Å². The molecule has 0 spiro atoms. The zero-order valence-electron chi connectivity index (χ0n) is 9.00. The van der Waals surface area contributed by atoms with E-state index in [9.17, 15) is 0 Å². The first-order valence-corrected chi connectivity index (χ1v) is 7.07. The maximum absolute atomic E-state index is 3.47. The molecule has 0 atom stereocenters. The van der Waals surface area contributed by atoms with Crippen LogP contribution >= 0.6 is 27.3 Å². The van der Waals surface area contributed by atoms with Crippen LogP contribution in [0.5, 0.6) is 0 Å². The van der Waals surface area contributed by atoms with Gasteiger partial charge in [0.05, 0.1) is 3.79 Å². The van der Waals surface area contributed by atoms with Crippen LogP contribution in [-0.2, 0) is 6.54 Å². The molecule has 1 saturated carbocycles. The highest BCUT2D eigenvalue weighted by atomic mass is 79.9. The molecule has 0 aromatic carbocycles. The van der Waals surface area contributed by atoms with Gasteiger partial charge in [-0.2, -0.15) is 0 Å². The van der Waals surface area contributed by atoms with Crippen molar-refractivity contribution in [2.45, 2.75) is 25.4 Å². The average Bonchev–Trinajstić information content (AvgIpc) is 2.98. The molecule has 1 aromatic heterocycles. The Morgan fingerprint density at radius 2 is 2.40 bits per heavy atom. The van der Waals surface area contributed by atoms with E-state index in [1.807, 2.05) is 0 Å². The first-order valence-electron chi connectivity index (χ1n) is 5.39. The molecule has 0 aliphatic heterocycles. The van der Waals surface area contributed by atoms with Crippen LogP contribution < -0.4 is 5.32 Å². The standard InChI is InChI=1S/C11H17BrN2S/c1-14(10-2-3-10)5-4-13-7-9-6-11(12)15-8-9/h6,8,10,13H,2-5,7H2,1H3. The third-order valence-corrected chi connectivity index (χ3v) is 4.32. The van der Waals surface area contributed by atoms with Gasteiger partial charge in [0.15, 0.2) is 0 Å². The Morgan fingerprint density at radius 1 is 1.60 bits per heavy atom. The van der Waals surface area contributed by atoms with Crippen LogP contribution in [0.25, 0.3) is 0 Å². The Morgan fingerprint density at radius 3 is 3.00 bits per heavy atom. The first kappa shape index (κ1) is 11.6. The molecule has 1 aliphatic rings. The van der Waals surface area contributed by atoms with Crippen LogP contribution in [0, 0.1) is 0 Å². The third kappa shape index (κ3) is 3.87. The second kappa shape index (κ2) is 5.43. The lowest BCUT2D eigenvalue weighted by Crippen LogP contribution is -2.30. The zero-order chi connectivity index (χ0) is 10.7. The highest BCUT2D eigenvalue weighted by molar-refractivity contribution is 9.11. The minimum atomic E-state index is 0.877. The lowest BCUT2D eigenvalue weighted by Gasteiger charge is -2.15. The van der Waals surface area contributed by atoms with E-state index in [-0.39, 0.29) is 0 Å². The van der Waals surface area contributed by atoms with Crippen LogP contribution in [-0.4, -0.2) is 31.1 Å². The van der Waals surface area contributed by atoms with Gasteiger partial charge in [-0.1, -0.05) is 0 Å². The lowest BCUT2D eigenvalue weighted by molar-refractivity contribution is 0.321. The molecule has 1 aliphatic carbocycles. The van der Waals surface area contributed by atoms with E-state index in [1.165, 1.54) is 22.2 Å². The number of likely N-dealkylation sites (N-methyl/N-ethyl adjacent to an activating group) is 1. The second-order valence-corrected chi connectivity index (χ2v) is 6.44. The van der Waals surface area contributed by atoms with E-state index >= 15 is 0 Å². The SMILES string of the molecule is CN(CCNCc1csc(Br)c1)C1CC1. The van der Waals surface area contributed by atoms with Gasteiger partial charge in [0.2, 0.25) is 0 Å². The maximum Gasteiger partial charge on any atom is 0.0701 e. The molecule has 0 unspecified atom stereocenters. The van der Waals surface area contributed by atoms with Gasteiger partial charge in [0.1, 0.15) is 0 Å². The molecule has 0 radical (unpaired) electrons. The number of hydrogen-bond acceptors (Lipinski definition) is 3. The van der Waals surface area contributed by atoms with Gasteiger partial charge in [-0.3, -0.25) is 0 Å². The van der Waals surface area contributed by atoms with Crippen molar-refractivity contribution < 1.29 is 0 Å². The smallest absolute Gasteiger partial charge is 0.0701 e. The lowest BCUT2D eigenvalue weighted by atomic mass is 10.3. The summed E-state index contributed by atoms with van der Waals surface area (Å²) in [6.45, 7) is 3.23. The number of hydrogen-bond donors (Lipinski definition) is 1. The molecule has 4 heteroatoms. The summed E-state index contributed by atoms with van der Waals surface area (Å²) in [4.78, 5) is 2.45. The summed E-state index contributed by atoms with van der Waals surface area (Å²) in [6.07, 6.45) is 2.79. The molecule has 0 saturated heterocycles. The Balaban J connectivity index is 1.58. The minimum Gasteiger partial charge on any atom is -0.311 e. The van der Waals surface area contributed by atoms with Crippen molar-refractivity contribution in [1.29, 1.82) is 0 Å². The molecule has 1 fully saturated rings. The molecule has 0 amide bonds. The quantitative estimate of drug-likeness (QED) is 0.810. The highest BCUT2D eigenvalue weighted by Crippen LogP contribution is 2.24. The van der Waals surface area contributed by atoms with Gasteiger partial charge in [0.25, 0.3) is 0 Å². The topological polar surface area (TPSA) is 15.3 Å². The molecule has 2 rings (SSSR count). The minimum absolute atomic E-state index is 0.877. The van der Waals surface area contributed by atoms with E-state index in [0.29, 0.717) is 0 Å². The highest BCUT2D eigenvalue weighted by Gasteiger charge is 2.25. The average molecular weight is 289 g/mol. The van der Waals surface area contributed by atoms with Crippen molar-refractivity contribution >= 4 is 27.3 Å². The predicted molar refractivity (Wildman–Crippen MR) is 69.4 cm³/mol. The van der Waals surface area contributed by atoms with Gasteiger partial charge < -0.3 is 10.2 Å². The third-order valence-electron chi connectivity index (χ3n) is 2.76. The Labute approximate surface area is 104 Å². The van der Waals surface area contributed by atoms with Gasteiger partial charge >= 0.3 is 0 Å². The van der Waals surface area contributed by atoms with Crippen LogP contribution in [0.3, 0.4) is 0 Å². The fourth-order valence-electron chi connectivity index (χ4n) is 1.62. The van der Waals surface area contributed by atoms with E-state index in [0.717, 1.165) is 25.7 Å². The largest absolute Gasteiger partial charge is 0.311 e. The molecule has 15 heavy (non-hydrogen) atoms. The summed E-state index contributed by atoms with van der Waals surface area (Å²) in [7, 11) is 2.22. The van der Waals surface area contributed by atoms with Gasteiger partial charge in [-0.05, 0) is 52.8 Å². The number of thiophene rings is 1. The fraction of sp³-hybridized carbons (Fsp3) is 0.636. The molecule has 1 N–H and O–H groups in total. The summed E-state index contributed by atoms with van der Waals surface area (Å²) in [6, 6.07) is 3.06. The van der Waals surface area contributed by atoms with Crippen LogP contribution in [0.2, 0.25) is 0 Å². The number of halogens is 1. The van der Waals surface area contributed by atoms with Gasteiger partial charge in [0, 0.05) is 25.7 Å². The summed E-state index contributed by atoms with van der Waals surface area (Å²) < 4.78 is 1.22. The van der Waals surface area contributed by atoms with Crippen molar-refractivity contribution in [2.75, 3.05) is 20.1 Å². The van der Waals surface area contributed by atoms with Gasteiger partial charge in [-0.25, -0.2) is 0 Å². The predicted octanol–water partition coefficient (Wildman–Crippen LogP) is 2.69. The zero-order valence-corrected chi connectivity index (χ0v) is 11.4. The Hall–Kier alpha value is 0.100. The summed E-state index contributed by atoms with van der Waals surface area (Å²) in [5.41, 5.74) is 1.38. The van der Waals surface area contributed by atoms with Crippen molar-refractivity contribution in [3.05, 3.63) is 20.8 Å².